The zero-order chi connectivity index (χ0) is 42.3. The molecule has 4 amide bonds. The molecular formula is C42H52N6O9S2. The van der Waals surface area contributed by atoms with Gasteiger partial charge in [0.1, 0.15) is 35.2 Å². The van der Waals surface area contributed by atoms with Gasteiger partial charge in [0.2, 0.25) is 21.8 Å². The molecular weight excluding hydrogens is 797 g/mol. The maximum absolute atomic E-state index is 14.6. The number of pyridine rings is 1. The maximum Gasteiger partial charge on any atom is 0.405 e. The van der Waals surface area contributed by atoms with E-state index in [2.05, 4.69) is 20.3 Å². The Kier molecular flexibility index (Phi) is 11.8. The zero-order valence-corrected chi connectivity index (χ0v) is 35.5. The number of carboxylic acid groups (broad SMARTS) is 1. The van der Waals surface area contributed by atoms with E-state index < -0.39 is 74.1 Å². The van der Waals surface area contributed by atoms with Crippen LogP contribution in [-0.4, -0.2) is 93.3 Å². The second-order valence-electron chi connectivity index (χ2n) is 17.0. The molecule has 4 heterocycles. The number of amides is 4. The molecule has 0 radical (unpaired) electrons. The molecule has 0 spiro atoms. The van der Waals surface area contributed by atoms with E-state index in [0.717, 1.165) is 16.9 Å². The molecule has 4 N–H and O–H groups in total. The number of nitrogens with zero attached hydrogens (tertiary/aromatic N) is 3. The van der Waals surface area contributed by atoms with E-state index in [0.29, 0.717) is 48.6 Å². The number of nitrogens with one attached hydrogen (secondary N) is 3. The molecule has 1 saturated heterocycles. The lowest BCUT2D eigenvalue weighted by Crippen LogP contribution is -2.59. The number of hydrogen-bond donors (Lipinski definition) is 4. The number of hydrogen-bond acceptors (Lipinski definition) is 11. The molecule has 4 aliphatic rings. The van der Waals surface area contributed by atoms with Gasteiger partial charge in [0, 0.05) is 36.2 Å². The highest BCUT2D eigenvalue weighted by molar-refractivity contribution is 7.91. The van der Waals surface area contributed by atoms with Crippen molar-refractivity contribution in [1.29, 1.82) is 0 Å². The van der Waals surface area contributed by atoms with Crippen molar-refractivity contribution in [3.05, 3.63) is 60.3 Å². The normalized spacial score (nSPS) is 28.5. The second-order valence-corrected chi connectivity index (χ2v) is 20.1. The van der Waals surface area contributed by atoms with Crippen LogP contribution in [0.15, 0.2) is 60.3 Å². The number of aromatic nitrogens is 2. The zero-order valence-electron chi connectivity index (χ0n) is 33.8. The van der Waals surface area contributed by atoms with Crippen LogP contribution in [0.1, 0.15) is 79.6 Å². The number of sulfonamides is 1. The minimum atomic E-state index is -4.02. The van der Waals surface area contributed by atoms with Crippen molar-refractivity contribution >= 4 is 45.2 Å². The predicted molar refractivity (Wildman–Crippen MR) is 221 cm³/mol. The van der Waals surface area contributed by atoms with Gasteiger partial charge in [0.25, 0.3) is 5.91 Å². The number of allylic oxidation sites excluding steroid dienone is 1. The van der Waals surface area contributed by atoms with Crippen LogP contribution < -0.4 is 24.8 Å². The van der Waals surface area contributed by atoms with Gasteiger partial charge in [-0.05, 0) is 95.4 Å². The minimum absolute atomic E-state index is 0.00230. The third kappa shape index (κ3) is 9.25. The van der Waals surface area contributed by atoms with Crippen molar-refractivity contribution in [3.63, 3.8) is 0 Å². The minimum Gasteiger partial charge on any atom is -0.491 e. The Bertz CT molecular complexity index is 2210. The summed E-state index contributed by atoms with van der Waals surface area (Å²) in [5, 5.41) is 15.2. The summed E-state index contributed by atoms with van der Waals surface area (Å²) in [6, 6.07) is 8.72. The number of fused-ring (bicyclic) bond motifs is 2. The standard InChI is InChI=1S/C42H52N6O9S2/c1-24(2)56-29-12-10-27(11-13-29)32-17-30(18-33(44-32)35-21-43-23-58-35)57-31-19-34-37(49)46-42(39(51)47-59(54,55)41(5)14-15-41)20-28(42)9-7-6-8-25(3)16-26(4)36(45-40(52)53)38(50)48(34)22-31/h7,9-13,17-18,21,23-26,28,31,34,36,45H,6,8,14-16,19-20,22H2,1-5H3,(H,46,49)(H,47,51)(H,52,53)/b9-7-/t25-,26-,28-,31-,34+,36+,42-/m1/s1. The van der Waals surface area contributed by atoms with Gasteiger partial charge >= 0.3 is 6.09 Å². The fourth-order valence-electron chi connectivity index (χ4n) is 8.09. The van der Waals surface area contributed by atoms with E-state index in [1.807, 2.05) is 64.1 Å². The van der Waals surface area contributed by atoms with Crippen molar-refractivity contribution in [1.82, 2.24) is 30.2 Å². The fourth-order valence-corrected chi connectivity index (χ4v) is 9.98. The molecule has 0 bridgehead atoms. The SMILES string of the molecule is CC(C)Oc1ccc(-c2cc(O[C@@H]3C[C@H]4C(=O)N[C@]5(C(=O)NS(=O)(=O)C6(C)CC6)C[C@H]5/C=C\CC[C@@H](C)C[C@@H](C)[C@H](NC(=O)O)C(=O)N4C3)cc(-c3cncs3)n2)cc1. The van der Waals surface area contributed by atoms with E-state index in [-0.39, 0.29) is 31.4 Å². The molecule has 7 rings (SSSR count). The average Bonchev–Trinajstić information content (AvgIpc) is 3.92. The molecule has 0 unspecified atom stereocenters. The van der Waals surface area contributed by atoms with Gasteiger partial charge in [0.05, 0.1) is 39.2 Å². The largest absolute Gasteiger partial charge is 0.491 e. The van der Waals surface area contributed by atoms with Crippen molar-refractivity contribution in [2.75, 3.05) is 6.54 Å². The first-order valence-electron chi connectivity index (χ1n) is 20.2. The van der Waals surface area contributed by atoms with E-state index >= 15 is 0 Å². The summed E-state index contributed by atoms with van der Waals surface area (Å²) >= 11 is 1.41. The van der Waals surface area contributed by atoms with E-state index in [4.69, 9.17) is 14.5 Å². The second kappa shape index (κ2) is 16.6. The summed E-state index contributed by atoms with van der Waals surface area (Å²) in [5.41, 5.74) is 2.15. The lowest BCUT2D eigenvalue weighted by atomic mass is 9.88. The highest BCUT2D eigenvalue weighted by Crippen LogP contribution is 2.48. The third-order valence-corrected chi connectivity index (χ3v) is 14.8. The summed E-state index contributed by atoms with van der Waals surface area (Å²) in [6.07, 6.45) is 6.31. The third-order valence-electron chi connectivity index (χ3n) is 11.8. The molecule has 3 fully saturated rings. The van der Waals surface area contributed by atoms with Gasteiger partial charge in [0.15, 0.2) is 0 Å². The Morgan fingerprint density at radius 2 is 1.80 bits per heavy atom. The van der Waals surface area contributed by atoms with Crippen LogP contribution in [0.3, 0.4) is 0 Å². The molecule has 7 atom stereocenters. The van der Waals surface area contributed by atoms with Gasteiger partial charge < -0.3 is 30.1 Å². The van der Waals surface area contributed by atoms with Crippen molar-refractivity contribution in [2.24, 2.45) is 17.8 Å². The van der Waals surface area contributed by atoms with Crippen molar-refractivity contribution < 1.29 is 42.2 Å². The molecule has 2 aliphatic carbocycles. The van der Waals surface area contributed by atoms with Gasteiger partial charge in [-0.25, -0.2) is 18.2 Å². The van der Waals surface area contributed by atoms with Crippen molar-refractivity contribution in [3.8, 4) is 33.3 Å². The van der Waals surface area contributed by atoms with Crippen molar-refractivity contribution in [2.45, 2.75) is 114 Å². The van der Waals surface area contributed by atoms with Crippen LogP contribution in [-0.2, 0) is 24.4 Å². The van der Waals surface area contributed by atoms with Crippen LogP contribution in [0.2, 0.25) is 0 Å². The molecule has 15 nitrogen and oxygen atoms in total. The van der Waals surface area contributed by atoms with Crippen LogP contribution in [0, 0.1) is 17.8 Å². The molecule has 59 heavy (non-hydrogen) atoms. The summed E-state index contributed by atoms with van der Waals surface area (Å²) in [7, 11) is -4.02. The highest BCUT2D eigenvalue weighted by atomic mass is 32.2. The summed E-state index contributed by atoms with van der Waals surface area (Å²) in [6.45, 7) is 9.26. The smallest absolute Gasteiger partial charge is 0.405 e. The van der Waals surface area contributed by atoms with Crippen LogP contribution in [0.4, 0.5) is 4.79 Å². The number of carbonyl (C=O) groups excluding carboxylic acids is 3. The Balaban J connectivity index is 1.22. The van der Waals surface area contributed by atoms with Gasteiger partial charge in [-0.1, -0.05) is 26.0 Å². The van der Waals surface area contributed by atoms with Gasteiger partial charge in [-0.2, -0.15) is 0 Å². The maximum atomic E-state index is 14.6. The molecule has 316 valence electrons. The average molecular weight is 849 g/mol. The summed E-state index contributed by atoms with van der Waals surface area (Å²) in [5.74, 6) is -1.73. The quantitative estimate of drug-likeness (QED) is 0.187. The highest BCUT2D eigenvalue weighted by Gasteiger charge is 2.63. The molecule has 2 aromatic heterocycles. The van der Waals surface area contributed by atoms with E-state index in [1.54, 1.807) is 30.8 Å². The Morgan fingerprint density at radius 3 is 2.46 bits per heavy atom. The van der Waals surface area contributed by atoms with E-state index in [1.165, 1.54) is 16.2 Å². The topological polar surface area (TPSA) is 206 Å². The lowest BCUT2D eigenvalue weighted by molar-refractivity contribution is -0.142. The van der Waals surface area contributed by atoms with Crippen LogP contribution >= 0.6 is 11.3 Å². The number of rotatable bonds is 10. The summed E-state index contributed by atoms with van der Waals surface area (Å²) < 4.78 is 40.1. The van der Waals surface area contributed by atoms with Gasteiger partial charge in [-0.15, -0.1) is 11.3 Å². The molecule has 2 saturated carbocycles. The Labute approximate surface area is 348 Å². The number of ether oxygens (including phenoxy) is 2. The first kappa shape index (κ1) is 42.1. The first-order valence-corrected chi connectivity index (χ1v) is 22.5. The number of carbonyl (C=O) groups is 4. The monoisotopic (exact) mass is 848 g/mol. The van der Waals surface area contributed by atoms with Gasteiger partial charge in [-0.3, -0.25) is 24.1 Å². The molecule has 2 aliphatic heterocycles. The van der Waals surface area contributed by atoms with E-state index in [9.17, 15) is 32.7 Å². The fraction of sp³-hybridized carbons (Fsp3) is 0.524. The first-order chi connectivity index (χ1) is 28.0. The Morgan fingerprint density at radius 1 is 1.07 bits per heavy atom. The Hall–Kier alpha value is -5.03. The predicted octanol–water partition coefficient (Wildman–Crippen LogP) is 5.53. The number of thiazole rings is 1. The molecule has 3 aromatic rings. The molecule has 1 aromatic carbocycles. The lowest BCUT2D eigenvalue weighted by Gasteiger charge is -2.32. The summed E-state index contributed by atoms with van der Waals surface area (Å²) in [4.78, 5) is 66.4. The number of benzene rings is 1. The molecule has 17 heteroatoms. The van der Waals surface area contributed by atoms with Crippen LogP contribution in [0.5, 0.6) is 11.5 Å². The van der Waals surface area contributed by atoms with Crippen LogP contribution in [0.25, 0.3) is 21.8 Å².